The first-order valence-corrected chi connectivity index (χ1v) is 6.66. The molecule has 1 aliphatic rings. The van der Waals surface area contributed by atoms with Gasteiger partial charge in [-0.2, -0.15) is 0 Å². The van der Waals surface area contributed by atoms with E-state index < -0.39 is 0 Å². The van der Waals surface area contributed by atoms with E-state index in [0.717, 1.165) is 31.5 Å². The number of carbonyl (C=O) groups is 1. The highest BCUT2D eigenvalue weighted by atomic mass is 35.5. The number of benzene rings is 1. The smallest absolute Gasteiger partial charge is 0.253 e. The summed E-state index contributed by atoms with van der Waals surface area (Å²) in [5, 5.41) is 9.71. The van der Waals surface area contributed by atoms with Crippen molar-refractivity contribution in [2.45, 2.75) is 19.8 Å². The van der Waals surface area contributed by atoms with Crippen LogP contribution in [-0.4, -0.2) is 35.6 Å². The van der Waals surface area contributed by atoms with Crippen LogP contribution in [-0.2, 0) is 0 Å². The van der Waals surface area contributed by atoms with Crippen molar-refractivity contribution >= 4 is 17.5 Å². The Bertz CT molecular complexity index is 439. The van der Waals surface area contributed by atoms with Crippen LogP contribution in [0.15, 0.2) is 18.2 Å². The number of nitrogens with zero attached hydrogens (tertiary/aromatic N) is 1. The third-order valence-electron chi connectivity index (χ3n) is 3.58. The van der Waals surface area contributed by atoms with Crippen molar-refractivity contribution in [3.63, 3.8) is 0 Å². The zero-order chi connectivity index (χ0) is 13.1. The van der Waals surface area contributed by atoms with Crippen molar-refractivity contribution < 1.29 is 9.90 Å². The predicted octanol–water partition coefficient (Wildman–Crippen LogP) is 2.49. The lowest BCUT2D eigenvalue weighted by molar-refractivity contribution is 0.0651. The van der Waals surface area contributed by atoms with Crippen LogP contribution >= 0.6 is 11.6 Å². The Morgan fingerprint density at radius 2 is 2.11 bits per heavy atom. The van der Waals surface area contributed by atoms with Gasteiger partial charge < -0.3 is 10.0 Å². The number of aliphatic hydroxyl groups excluding tert-OH is 1. The molecule has 1 heterocycles. The quantitative estimate of drug-likeness (QED) is 0.894. The lowest BCUT2D eigenvalue weighted by atomic mass is 9.97. The van der Waals surface area contributed by atoms with Gasteiger partial charge in [0.05, 0.1) is 0 Å². The summed E-state index contributed by atoms with van der Waals surface area (Å²) in [6.45, 7) is 3.58. The largest absolute Gasteiger partial charge is 0.396 e. The van der Waals surface area contributed by atoms with Crippen molar-refractivity contribution in [3.8, 4) is 0 Å². The summed E-state index contributed by atoms with van der Waals surface area (Å²) in [6.07, 6.45) is 1.75. The van der Waals surface area contributed by atoms with Gasteiger partial charge in [-0.1, -0.05) is 17.7 Å². The van der Waals surface area contributed by atoms with Crippen molar-refractivity contribution in [3.05, 3.63) is 34.3 Å². The van der Waals surface area contributed by atoms with Crippen LogP contribution in [0.1, 0.15) is 28.8 Å². The molecule has 1 aromatic carbocycles. The summed E-state index contributed by atoms with van der Waals surface area (Å²) < 4.78 is 0. The minimum Gasteiger partial charge on any atom is -0.396 e. The molecule has 2 rings (SSSR count). The van der Waals surface area contributed by atoms with Crippen molar-refractivity contribution in [2.24, 2.45) is 5.92 Å². The molecule has 1 aromatic rings. The first-order valence-electron chi connectivity index (χ1n) is 6.28. The van der Waals surface area contributed by atoms with Crippen LogP contribution in [0.25, 0.3) is 0 Å². The van der Waals surface area contributed by atoms with Gasteiger partial charge in [0.25, 0.3) is 5.91 Å². The van der Waals surface area contributed by atoms with E-state index in [2.05, 4.69) is 0 Å². The molecule has 1 N–H and O–H groups in total. The van der Waals surface area contributed by atoms with E-state index in [1.54, 1.807) is 6.07 Å². The molecule has 4 heteroatoms. The predicted molar refractivity (Wildman–Crippen MR) is 71.9 cm³/mol. The van der Waals surface area contributed by atoms with E-state index in [0.29, 0.717) is 16.5 Å². The van der Waals surface area contributed by atoms with Gasteiger partial charge in [-0.05, 0) is 43.4 Å². The maximum Gasteiger partial charge on any atom is 0.253 e. The maximum absolute atomic E-state index is 12.3. The zero-order valence-corrected chi connectivity index (χ0v) is 11.3. The molecule has 0 saturated carbocycles. The van der Waals surface area contributed by atoms with Crippen LogP contribution in [0.2, 0.25) is 5.02 Å². The molecule has 0 radical (unpaired) electrons. The summed E-state index contributed by atoms with van der Waals surface area (Å²) >= 11 is 6.04. The highest BCUT2D eigenvalue weighted by Gasteiger charge is 2.23. The molecule has 0 aliphatic carbocycles. The minimum absolute atomic E-state index is 0.0355. The third kappa shape index (κ3) is 2.85. The average molecular weight is 268 g/mol. The molecule has 3 nitrogen and oxygen atoms in total. The fourth-order valence-corrected chi connectivity index (χ4v) is 2.41. The van der Waals surface area contributed by atoms with Gasteiger partial charge in [-0.3, -0.25) is 4.79 Å². The lowest BCUT2D eigenvalue weighted by Crippen LogP contribution is -2.39. The molecular weight excluding hydrogens is 250 g/mol. The normalized spacial score (nSPS) is 16.9. The van der Waals surface area contributed by atoms with Gasteiger partial charge in [-0.15, -0.1) is 0 Å². The van der Waals surface area contributed by atoms with Crippen LogP contribution in [0.4, 0.5) is 0 Å². The van der Waals surface area contributed by atoms with Crippen molar-refractivity contribution in [1.29, 1.82) is 0 Å². The molecule has 1 aliphatic heterocycles. The molecule has 1 amide bonds. The molecule has 98 valence electrons. The lowest BCUT2D eigenvalue weighted by Gasteiger charge is -2.31. The van der Waals surface area contributed by atoms with Gasteiger partial charge in [0.15, 0.2) is 0 Å². The molecule has 1 saturated heterocycles. The van der Waals surface area contributed by atoms with E-state index in [9.17, 15) is 4.79 Å². The SMILES string of the molecule is Cc1ccc(C(=O)N2CCC(CO)CC2)cc1Cl. The van der Waals surface area contributed by atoms with Crippen LogP contribution < -0.4 is 0 Å². The number of hydrogen-bond acceptors (Lipinski definition) is 2. The third-order valence-corrected chi connectivity index (χ3v) is 3.99. The maximum atomic E-state index is 12.3. The van der Waals surface area contributed by atoms with Crippen molar-refractivity contribution in [1.82, 2.24) is 4.90 Å². The highest BCUT2D eigenvalue weighted by molar-refractivity contribution is 6.31. The minimum atomic E-state index is 0.0355. The van der Waals surface area contributed by atoms with Crippen molar-refractivity contribution in [2.75, 3.05) is 19.7 Å². The molecule has 0 aromatic heterocycles. The van der Waals surface area contributed by atoms with Crippen LogP contribution in [0, 0.1) is 12.8 Å². The van der Waals surface area contributed by atoms with Gasteiger partial charge in [0, 0.05) is 30.3 Å². The summed E-state index contributed by atoms with van der Waals surface area (Å²) in [6, 6.07) is 5.43. The number of piperidine rings is 1. The Kier molecular flexibility index (Phi) is 4.25. The highest BCUT2D eigenvalue weighted by Crippen LogP contribution is 2.21. The Labute approximate surface area is 112 Å². The first-order chi connectivity index (χ1) is 8.61. The van der Waals surface area contributed by atoms with E-state index >= 15 is 0 Å². The van der Waals surface area contributed by atoms with E-state index in [1.165, 1.54) is 0 Å². The van der Waals surface area contributed by atoms with E-state index in [1.807, 2.05) is 24.0 Å². The Morgan fingerprint density at radius 3 is 2.67 bits per heavy atom. The fourth-order valence-electron chi connectivity index (χ4n) is 2.23. The number of amides is 1. The van der Waals surface area contributed by atoms with Gasteiger partial charge >= 0.3 is 0 Å². The van der Waals surface area contributed by atoms with Crippen LogP contribution in [0.3, 0.4) is 0 Å². The molecule has 0 bridgehead atoms. The molecule has 0 spiro atoms. The molecular formula is C14H18ClNO2. The van der Waals surface area contributed by atoms with Gasteiger partial charge in [0.2, 0.25) is 0 Å². The number of likely N-dealkylation sites (tertiary alicyclic amines) is 1. The second-order valence-corrected chi connectivity index (χ2v) is 5.29. The zero-order valence-electron chi connectivity index (χ0n) is 10.5. The fraction of sp³-hybridized carbons (Fsp3) is 0.500. The second kappa shape index (κ2) is 5.72. The van der Waals surface area contributed by atoms with Gasteiger partial charge in [0.1, 0.15) is 0 Å². The molecule has 0 atom stereocenters. The molecule has 1 fully saturated rings. The Balaban J connectivity index is 2.05. The van der Waals surface area contributed by atoms with Gasteiger partial charge in [-0.25, -0.2) is 0 Å². The number of halogens is 1. The molecule has 18 heavy (non-hydrogen) atoms. The van der Waals surface area contributed by atoms with Crippen LogP contribution in [0.5, 0.6) is 0 Å². The molecule has 0 unspecified atom stereocenters. The summed E-state index contributed by atoms with van der Waals surface area (Å²) in [4.78, 5) is 14.1. The first kappa shape index (κ1) is 13.4. The van der Waals surface area contributed by atoms with E-state index in [4.69, 9.17) is 16.7 Å². The standard InChI is InChI=1S/C14H18ClNO2/c1-10-2-3-12(8-13(10)15)14(18)16-6-4-11(9-17)5-7-16/h2-3,8,11,17H,4-7,9H2,1H3. The summed E-state index contributed by atoms with van der Waals surface area (Å²) in [7, 11) is 0. The number of aliphatic hydroxyl groups is 1. The Morgan fingerprint density at radius 1 is 1.44 bits per heavy atom. The summed E-state index contributed by atoms with van der Waals surface area (Å²) in [5.74, 6) is 0.379. The number of aryl methyl sites for hydroxylation is 1. The monoisotopic (exact) mass is 267 g/mol. The number of rotatable bonds is 2. The number of carbonyl (C=O) groups excluding carboxylic acids is 1. The average Bonchev–Trinajstić information content (AvgIpc) is 2.41. The topological polar surface area (TPSA) is 40.5 Å². The number of hydrogen-bond donors (Lipinski definition) is 1. The summed E-state index contributed by atoms with van der Waals surface area (Å²) in [5.41, 5.74) is 1.63. The van der Waals surface area contributed by atoms with E-state index in [-0.39, 0.29) is 12.5 Å². The Hall–Kier alpha value is -1.06. The second-order valence-electron chi connectivity index (χ2n) is 4.88.